The van der Waals surface area contributed by atoms with E-state index in [1.165, 1.54) is 0 Å². The summed E-state index contributed by atoms with van der Waals surface area (Å²) in [5, 5.41) is 0. The minimum Gasteiger partial charge on any atom is -0.462 e. The lowest BCUT2D eigenvalue weighted by Gasteiger charge is -2.01. The lowest BCUT2D eigenvalue weighted by atomic mass is 10.3. The summed E-state index contributed by atoms with van der Waals surface area (Å²) in [4.78, 5) is 10.8. The van der Waals surface area contributed by atoms with E-state index in [-0.39, 0.29) is 5.97 Å². The van der Waals surface area contributed by atoms with Crippen molar-refractivity contribution < 1.29 is 14.3 Å². The summed E-state index contributed by atoms with van der Waals surface area (Å²) in [5.41, 5.74) is 0.446. The molecule has 1 atom stereocenters. The maximum Gasteiger partial charge on any atom is 0.333 e. The van der Waals surface area contributed by atoms with Gasteiger partial charge in [0.2, 0.25) is 0 Å². The van der Waals surface area contributed by atoms with Crippen molar-refractivity contribution in [2.45, 2.75) is 19.4 Å². The van der Waals surface area contributed by atoms with Gasteiger partial charge >= 0.3 is 5.97 Å². The predicted octanol–water partition coefficient (Wildman–Crippen LogP) is 0.895. The SMILES string of the molecule is C=C(C)C(=O)OCCC1CO1. The van der Waals surface area contributed by atoms with E-state index in [0.717, 1.165) is 13.0 Å². The van der Waals surface area contributed by atoms with E-state index in [4.69, 9.17) is 9.47 Å². The third kappa shape index (κ3) is 3.18. The first-order valence-corrected chi connectivity index (χ1v) is 3.64. The Balaban J connectivity index is 2.01. The molecule has 0 spiro atoms. The van der Waals surface area contributed by atoms with Gasteiger partial charge in [0.1, 0.15) is 0 Å². The highest BCUT2D eigenvalue weighted by molar-refractivity contribution is 5.86. The Morgan fingerprint density at radius 1 is 1.82 bits per heavy atom. The first-order valence-electron chi connectivity index (χ1n) is 3.64. The Morgan fingerprint density at radius 2 is 2.45 bits per heavy atom. The molecule has 1 unspecified atom stereocenters. The number of carbonyl (C=O) groups excluding carboxylic acids is 1. The van der Waals surface area contributed by atoms with E-state index in [1.54, 1.807) is 6.92 Å². The van der Waals surface area contributed by atoms with Crippen LogP contribution in [-0.4, -0.2) is 25.3 Å². The number of carbonyl (C=O) groups is 1. The van der Waals surface area contributed by atoms with Gasteiger partial charge in [-0.1, -0.05) is 6.58 Å². The molecule has 0 N–H and O–H groups in total. The second-order valence-electron chi connectivity index (χ2n) is 2.66. The van der Waals surface area contributed by atoms with Gasteiger partial charge in [0.05, 0.1) is 19.3 Å². The maximum absolute atomic E-state index is 10.8. The number of esters is 1. The molecule has 0 radical (unpaired) electrons. The van der Waals surface area contributed by atoms with Crippen LogP contribution in [0.2, 0.25) is 0 Å². The fourth-order valence-electron chi connectivity index (χ4n) is 0.641. The first kappa shape index (κ1) is 8.27. The standard InChI is InChI=1S/C8H12O3/c1-6(2)8(9)10-4-3-7-5-11-7/h7H,1,3-5H2,2H3. The molecule has 0 bridgehead atoms. The molecule has 0 saturated carbocycles. The van der Waals surface area contributed by atoms with Crippen molar-refractivity contribution in [2.75, 3.05) is 13.2 Å². The van der Waals surface area contributed by atoms with Crippen LogP contribution in [0, 0.1) is 0 Å². The molecule has 1 rings (SSSR count). The zero-order valence-electron chi connectivity index (χ0n) is 6.63. The van der Waals surface area contributed by atoms with Crippen LogP contribution in [0.1, 0.15) is 13.3 Å². The molecule has 1 saturated heterocycles. The van der Waals surface area contributed by atoms with Gasteiger partial charge in [-0.05, 0) is 6.92 Å². The molecule has 0 aromatic rings. The van der Waals surface area contributed by atoms with Crippen LogP contribution >= 0.6 is 0 Å². The highest BCUT2D eigenvalue weighted by atomic mass is 16.6. The summed E-state index contributed by atoms with van der Waals surface area (Å²) < 4.78 is 9.77. The third-order valence-corrected chi connectivity index (χ3v) is 1.42. The molecule has 1 aliphatic rings. The van der Waals surface area contributed by atoms with E-state index in [2.05, 4.69) is 6.58 Å². The van der Waals surface area contributed by atoms with Crippen molar-refractivity contribution in [2.24, 2.45) is 0 Å². The molecule has 0 amide bonds. The normalized spacial score (nSPS) is 21.0. The van der Waals surface area contributed by atoms with E-state index in [1.807, 2.05) is 0 Å². The average molecular weight is 156 g/mol. The van der Waals surface area contributed by atoms with Crippen molar-refractivity contribution in [1.29, 1.82) is 0 Å². The summed E-state index contributed by atoms with van der Waals surface area (Å²) in [7, 11) is 0. The highest BCUT2D eigenvalue weighted by Crippen LogP contribution is 2.12. The minimum atomic E-state index is -0.314. The van der Waals surface area contributed by atoms with Crippen LogP contribution in [0.15, 0.2) is 12.2 Å². The summed E-state index contributed by atoms with van der Waals surface area (Å²) in [5.74, 6) is -0.314. The van der Waals surface area contributed by atoms with Crippen molar-refractivity contribution in [3.63, 3.8) is 0 Å². The van der Waals surface area contributed by atoms with Crippen LogP contribution in [0.3, 0.4) is 0 Å². The van der Waals surface area contributed by atoms with Gasteiger partial charge in [-0.25, -0.2) is 4.79 Å². The topological polar surface area (TPSA) is 38.8 Å². The van der Waals surface area contributed by atoms with Crippen LogP contribution in [-0.2, 0) is 14.3 Å². The highest BCUT2D eigenvalue weighted by Gasteiger charge is 2.22. The lowest BCUT2D eigenvalue weighted by Crippen LogP contribution is -2.07. The van der Waals surface area contributed by atoms with Gasteiger partial charge in [0.25, 0.3) is 0 Å². The molecule has 3 nitrogen and oxygen atoms in total. The zero-order valence-corrected chi connectivity index (χ0v) is 6.63. The van der Waals surface area contributed by atoms with Gasteiger partial charge in [-0.2, -0.15) is 0 Å². The van der Waals surface area contributed by atoms with Crippen molar-refractivity contribution in [3.8, 4) is 0 Å². The van der Waals surface area contributed by atoms with E-state index in [9.17, 15) is 4.79 Å². The van der Waals surface area contributed by atoms with E-state index in [0.29, 0.717) is 18.3 Å². The van der Waals surface area contributed by atoms with E-state index >= 15 is 0 Å². The quantitative estimate of drug-likeness (QED) is 0.345. The largest absolute Gasteiger partial charge is 0.462 e. The average Bonchev–Trinajstić information content (AvgIpc) is 2.71. The molecular weight excluding hydrogens is 144 g/mol. The number of ether oxygens (including phenoxy) is 2. The van der Waals surface area contributed by atoms with Gasteiger partial charge in [0.15, 0.2) is 0 Å². The van der Waals surface area contributed by atoms with Crippen molar-refractivity contribution >= 4 is 5.97 Å². The summed E-state index contributed by atoms with van der Waals surface area (Å²) in [6, 6.07) is 0. The molecule has 0 aliphatic carbocycles. The van der Waals surface area contributed by atoms with Gasteiger partial charge in [0, 0.05) is 12.0 Å². The molecule has 3 heteroatoms. The molecular formula is C8H12O3. The molecule has 1 fully saturated rings. The summed E-state index contributed by atoms with van der Waals surface area (Å²) >= 11 is 0. The Kier molecular flexibility index (Phi) is 2.65. The Labute approximate surface area is 66.0 Å². The molecule has 0 aromatic heterocycles. The van der Waals surface area contributed by atoms with Crippen LogP contribution in [0.5, 0.6) is 0 Å². The third-order valence-electron chi connectivity index (χ3n) is 1.42. The summed E-state index contributed by atoms with van der Waals surface area (Å²) in [6.07, 6.45) is 1.13. The molecule has 1 heterocycles. The van der Waals surface area contributed by atoms with Gasteiger partial charge in [-0.3, -0.25) is 0 Å². The number of hydrogen-bond donors (Lipinski definition) is 0. The molecule has 1 aliphatic heterocycles. The minimum absolute atomic E-state index is 0.314. The van der Waals surface area contributed by atoms with Crippen LogP contribution in [0.25, 0.3) is 0 Å². The first-order chi connectivity index (χ1) is 5.20. The zero-order chi connectivity index (χ0) is 8.27. The van der Waals surface area contributed by atoms with Crippen molar-refractivity contribution in [3.05, 3.63) is 12.2 Å². The number of epoxide rings is 1. The van der Waals surface area contributed by atoms with Gasteiger partial charge < -0.3 is 9.47 Å². The molecule has 11 heavy (non-hydrogen) atoms. The predicted molar refractivity (Wildman–Crippen MR) is 40.1 cm³/mol. The summed E-state index contributed by atoms with van der Waals surface area (Å²) in [6.45, 7) is 6.35. The fourth-order valence-corrected chi connectivity index (χ4v) is 0.641. The Morgan fingerprint density at radius 3 is 2.91 bits per heavy atom. The lowest BCUT2D eigenvalue weighted by molar-refractivity contribution is -0.139. The smallest absolute Gasteiger partial charge is 0.333 e. The monoisotopic (exact) mass is 156 g/mol. The Bertz CT molecular complexity index is 170. The van der Waals surface area contributed by atoms with Crippen LogP contribution in [0.4, 0.5) is 0 Å². The van der Waals surface area contributed by atoms with E-state index < -0.39 is 0 Å². The maximum atomic E-state index is 10.8. The number of rotatable bonds is 4. The molecule has 0 aromatic carbocycles. The van der Waals surface area contributed by atoms with Crippen LogP contribution < -0.4 is 0 Å². The second kappa shape index (κ2) is 3.53. The second-order valence-corrected chi connectivity index (χ2v) is 2.66. The number of hydrogen-bond acceptors (Lipinski definition) is 3. The molecule has 62 valence electrons. The van der Waals surface area contributed by atoms with Gasteiger partial charge in [-0.15, -0.1) is 0 Å². The Hall–Kier alpha value is -0.830. The van der Waals surface area contributed by atoms with Crippen molar-refractivity contribution in [1.82, 2.24) is 0 Å². The fraction of sp³-hybridized carbons (Fsp3) is 0.625.